The van der Waals surface area contributed by atoms with Gasteiger partial charge in [-0.15, -0.1) is 0 Å². The predicted octanol–water partition coefficient (Wildman–Crippen LogP) is 0.627. The summed E-state index contributed by atoms with van der Waals surface area (Å²) in [6, 6.07) is 5.46. The minimum absolute atomic E-state index is 0.0113. The summed E-state index contributed by atoms with van der Waals surface area (Å²) in [5.74, 6) is -0.717. The summed E-state index contributed by atoms with van der Waals surface area (Å²) in [5, 5.41) is 2.89. The third kappa shape index (κ3) is 5.35. The number of nitrogens with two attached hydrogens (primary N) is 1. The van der Waals surface area contributed by atoms with Gasteiger partial charge in [-0.25, -0.2) is 0 Å². The Morgan fingerprint density at radius 2 is 1.82 bits per heavy atom. The van der Waals surface area contributed by atoms with Gasteiger partial charge in [0.05, 0.1) is 12.6 Å². The van der Waals surface area contributed by atoms with E-state index in [1.54, 1.807) is 21.9 Å². The lowest BCUT2D eigenvalue weighted by atomic mass is 10.0. The van der Waals surface area contributed by atoms with E-state index in [1.807, 2.05) is 45.0 Å². The minimum atomic E-state index is -0.744. The lowest BCUT2D eigenvalue weighted by Crippen LogP contribution is -2.53. The second-order valence-corrected chi connectivity index (χ2v) is 9.46. The van der Waals surface area contributed by atoms with E-state index in [0.29, 0.717) is 24.9 Å². The molecule has 3 N–H and O–H groups in total. The van der Waals surface area contributed by atoms with Gasteiger partial charge in [0.2, 0.25) is 11.8 Å². The van der Waals surface area contributed by atoms with E-state index in [1.165, 1.54) is 0 Å². The first-order chi connectivity index (χ1) is 15.6. The Kier molecular flexibility index (Phi) is 7.73. The number of nitrogens with one attached hydrogen (secondary N) is 1. The maximum absolute atomic E-state index is 13.5. The van der Waals surface area contributed by atoms with Gasteiger partial charge >= 0.3 is 0 Å². The van der Waals surface area contributed by atoms with Crippen LogP contribution in [0.4, 0.5) is 5.69 Å². The van der Waals surface area contributed by atoms with E-state index < -0.39 is 12.1 Å². The number of fused-ring (bicyclic) bond motifs is 1. The molecule has 3 amide bonds. The van der Waals surface area contributed by atoms with Crippen molar-refractivity contribution in [1.82, 2.24) is 15.1 Å². The summed E-state index contributed by atoms with van der Waals surface area (Å²) < 4.78 is 0. The summed E-state index contributed by atoms with van der Waals surface area (Å²) in [4.78, 5) is 56.6. The molecule has 3 rings (SSSR count). The van der Waals surface area contributed by atoms with E-state index >= 15 is 0 Å². The number of carbonyl (C=O) groups is 4. The van der Waals surface area contributed by atoms with Gasteiger partial charge in [0, 0.05) is 44.9 Å². The van der Waals surface area contributed by atoms with Gasteiger partial charge < -0.3 is 25.8 Å². The minimum Gasteiger partial charge on any atom is -0.378 e. The molecular formula is C24H35N5O4. The number of Topliss-reactive ketones (excluding diaryl/α,β-unsaturated/α-hetero) is 1. The molecule has 0 aromatic heterocycles. The normalized spacial score (nSPS) is 20.7. The largest absolute Gasteiger partial charge is 0.378 e. The van der Waals surface area contributed by atoms with Gasteiger partial charge in [-0.1, -0.05) is 13.8 Å². The number of nitrogens with zero attached hydrogens (tertiary/aromatic N) is 3. The van der Waals surface area contributed by atoms with Crippen LogP contribution in [0.15, 0.2) is 24.3 Å². The lowest BCUT2D eigenvalue weighted by Gasteiger charge is -2.29. The summed E-state index contributed by atoms with van der Waals surface area (Å²) in [6.07, 6.45) is 1.19. The molecule has 180 valence electrons. The van der Waals surface area contributed by atoms with Gasteiger partial charge in [0.15, 0.2) is 5.78 Å². The van der Waals surface area contributed by atoms with Crippen LogP contribution >= 0.6 is 0 Å². The van der Waals surface area contributed by atoms with Gasteiger partial charge in [-0.2, -0.15) is 0 Å². The van der Waals surface area contributed by atoms with Crippen LogP contribution in [0.2, 0.25) is 0 Å². The molecule has 9 nitrogen and oxygen atoms in total. The monoisotopic (exact) mass is 457 g/mol. The molecular weight excluding hydrogens is 422 g/mol. The molecule has 2 heterocycles. The molecule has 3 atom stereocenters. The van der Waals surface area contributed by atoms with Crippen molar-refractivity contribution >= 4 is 29.2 Å². The zero-order valence-corrected chi connectivity index (χ0v) is 19.9. The average molecular weight is 458 g/mol. The lowest BCUT2D eigenvalue weighted by molar-refractivity contribution is -0.138. The Morgan fingerprint density at radius 3 is 2.39 bits per heavy atom. The highest BCUT2D eigenvalue weighted by molar-refractivity contribution is 6.01. The molecule has 2 saturated heterocycles. The molecule has 9 heteroatoms. The van der Waals surface area contributed by atoms with Crippen molar-refractivity contribution in [1.29, 1.82) is 0 Å². The van der Waals surface area contributed by atoms with Crippen molar-refractivity contribution in [2.75, 3.05) is 38.6 Å². The number of hydrogen-bond acceptors (Lipinski definition) is 6. The highest BCUT2D eigenvalue weighted by atomic mass is 16.2. The first kappa shape index (κ1) is 24.7. The maximum Gasteiger partial charge on any atom is 0.251 e. The highest BCUT2D eigenvalue weighted by Crippen LogP contribution is 2.31. The molecule has 0 unspecified atom stereocenters. The standard InChI is InChI=1S/C24H35N5O4/c1-15(2)13-18(26-23(32)16-5-7-17(8-6-16)27(3)4)24(33)28-12-10-19-22(28)20(30)14-29(19)21(31)9-11-25/h5-8,15,18-19,22H,9-14,25H2,1-4H3,(H,26,32)/t18-,19+,22-/m0/s1. The van der Waals surface area contributed by atoms with Crippen LogP contribution in [0.25, 0.3) is 0 Å². The van der Waals surface area contributed by atoms with E-state index in [2.05, 4.69) is 5.32 Å². The van der Waals surface area contributed by atoms with E-state index in [9.17, 15) is 19.2 Å². The van der Waals surface area contributed by atoms with Crippen molar-refractivity contribution < 1.29 is 19.2 Å². The zero-order chi connectivity index (χ0) is 24.3. The number of anilines is 1. The van der Waals surface area contributed by atoms with Gasteiger partial charge in [0.1, 0.15) is 12.1 Å². The van der Waals surface area contributed by atoms with E-state index in [4.69, 9.17) is 5.73 Å². The summed E-state index contributed by atoms with van der Waals surface area (Å²) in [5.41, 5.74) is 6.95. The quantitative estimate of drug-likeness (QED) is 0.591. The molecule has 0 aliphatic carbocycles. The van der Waals surface area contributed by atoms with Crippen molar-refractivity contribution in [2.24, 2.45) is 11.7 Å². The number of likely N-dealkylation sites (tertiary alicyclic amines) is 2. The molecule has 0 saturated carbocycles. The Labute approximate surface area is 195 Å². The van der Waals surface area contributed by atoms with Crippen molar-refractivity contribution in [2.45, 2.75) is 51.2 Å². The molecule has 2 fully saturated rings. The molecule has 1 aromatic carbocycles. The van der Waals surface area contributed by atoms with E-state index in [0.717, 1.165) is 5.69 Å². The van der Waals surface area contributed by atoms with Crippen molar-refractivity contribution in [3.8, 4) is 0 Å². The van der Waals surface area contributed by atoms with Gasteiger partial charge in [-0.3, -0.25) is 19.2 Å². The predicted molar refractivity (Wildman–Crippen MR) is 126 cm³/mol. The van der Waals surface area contributed by atoms with Gasteiger partial charge in [-0.05, 0) is 43.0 Å². The van der Waals surface area contributed by atoms with Crippen LogP contribution in [0.1, 0.15) is 43.5 Å². The maximum atomic E-state index is 13.5. The third-order valence-corrected chi connectivity index (χ3v) is 6.34. The second-order valence-electron chi connectivity index (χ2n) is 9.46. The molecule has 2 aliphatic heterocycles. The smallest absolute Gasteiger partial charge is 0.251 e. The molecule has 1 aromatic rings. The molecule has 0 bridgehead atoms. The number of carbonyl (C=O) groups excluding carboxylic acids is 4. The van der Waals surface area contributed by atoms with Crippen LogP contribution in [-0.2, 0) is 14.4 Å². The number of rotatable bonds is 8. The SMILES string of the molecule is CC(C)C[C@H](NC(=O)c1ccc(N(C)C)cc1)C(=O)N1CC[C@@H]2[C@H]1C(=O)CN2C(=O)CCN. The Morgan fingerprint density at radius 1 is 1.15 bits per heavy atom. The fourth-order valence-electron chi connectivity index (χ4n) is 4.70. The molecule has 33 heavy (non-hydrogen) atoms. The van der Waals surface area contributed by atoms with Crippen molar-refractivity contribution in [3.63, 3.8) is 0 Å². The van der Waals surface area contributed by atoms with Crippen LogP contribution in [0.3, 0.4) is 0 Å². The Balaban J connectivity index is 1.75. The number of amides is 3. The summed E-state index contributed by atoms with van der Waals surface area (Å²) in [7, 11) is 3.84. The van der Waals surface area contributed by atoms with Crippen LogP contribution in [0, 0.1) is 5.92 Å². The summed E-state index contributed by atoms with van der Waals surface area (Å²) >= 11 is 0. The third-order valence-electron chi connectivity index (χ3n) is 6.34. The number of benzene rings is 1. The van der Waals surface area contributed by atoms with Crippen LogP contribution in [0.5, 0.6) is 0 Å². The second kappa shape index (κ2) is 10.3. The van der Waals surface area contributed by atoms with Crippen LogP contribution < -0.4 is 16.0 Å². The Bertz CT molecular complexity index is 899. The van der Waals surface area contributed by atoms with E-state index in [-0.39, 0.29) is 55.0 Å². The zero-order valence-electron chi connectivity index (χ0n) is 19.9. The fraction of sp³-hybridized carbons (Fsp3) is 0.583. The highest BCUT2D eigenvalue weighted by Gasteiger charge is 2.51. The van der Waals surface area contributed by atoms with Crippen LogP contribution in [-0.4, -0.2) is 85.2 Å². The first-order valence-electron chi connectivity index (χ1n) is 11.5. The number of ketones is 1. The average Bonchev–Trinajstić information content (AvgIpc) is 3.34. The fourth-order valence-corrected chi connectivity index (χ4v) is 4.70. The van der Waals surface area contributed by atoms with Crippen molar-refractivity contribution in [3.05, 3.63) is 29.8 Å². The molecule has 0 radical (unpaired) electrons. The summed E-state index contributed by atoms with van der Waals surface area (Å²) in [6.45, 7) is 4.59. The molecule has 2 aliphatic rings. The number of hydrogen-bond donors (Lipinski definition) is 2. The Hall–Kier alpha value is -2.94. The topological polar surface area (TPSA) is 116 Å². The molecule has 0 spiro atoms. The first-order valence-corrected chi connectivity index (χ1v) is 11.5. The van der Waals surface area contributed by atoms with Gasteiger partial charge in [0.25, 0.3) is 5.91 Å².